The first kappa shape index (κ1) is 14.7. The molecule has 2 rings (SSSR count). The van der Waals surface area contributed by atoms with Gasteiger partial charge in [-0.3, -0.25) is 0 Å². The van der Waals surface area contributed by atoms with Crippen LogP contribution in [0.1, 0.15) is 24.0 Å². The first-order valence-electron chi connectivity index (χ1n) is 6.37. The normalized spacial score (nSPS) is 17.6. The van der Waals surface area contributed by atoms with Crippen molar-refractivity contribution in [1.82, 2.24) is 4.72 Å². The lowest BCUT2D eigenvalue weighted by molar-refractivity contribution is 0.529. The Hall–Kier alpha value is -0.720. The Kier molecular flexibility index (Phi) is 4.43. The second kappa shape index (κ2) is 5.73. The van der Waals surface area contributed by atoms with E-state index >= 15 is 0 Å². The standard InChI is InChI=1S/C13H20N2O2S2/c1-9-7-12(8-13(14)10(9)2)19(16,17)15-11-3-5-18-6-4-11/h7-8,11,15H,3-6,14H2,1-2H3. The third-order valence-electron chi connectivity index (χ3n) is 3.53. The fourth-order valence-corrected chi connectivity index (χ4v) is 4.64. The van der Waals surface area contributed by atoms with Gasteiger partial charge in [-0.2, -0.15) is 11.8 Å². The molecule has 1 aromatic rings. The summed E-state index contributed by atoms with van der Waals surface area (Å²) in [5, 5.41) is 0. The van der Waals surface area contributed by atoms with E-state index in [9.17, 15) is 8.42 Å². The number of sulfonamides is 1. The predicted octanol–water partition coefficient (Wildman–Crippen LogP) is 2.06. The molecule has 1 aliphatic heterocycles. The molecule has 1 aromatic carbocycles. The summed E-state index contributed by atoms with van der Waals surface area (Å²) in [5.74, 6) is 2.03. The van der Waals surface area contributed by atoms with Gasteiger partial charge in [0.25, 0.3) is 0 Å². The Morgan fingerprint density at radius 2 is 1.89 bits per heavy atom. The van der Waals surface area contributed by atoms with Crippen LogP contribution >= 0.6 is 11.8 Å². The Balaban J connectivity index is 2.24. The highest BCUT2D eigenvalue weighted by Gasteiger charge is 2.22. The highest BCUT2D eigenvalue weighted by Crippen LogP contribution is 2.23. The van der Waals surface area contributed by atoms with E-state index in [0.717, 1.165) is 35.5 Å². The number of nitrogens with two attached hydrogens (primary N) is 1. The van der Waals surface area contributed by atoms with Crippen LogP contribution in [0.5, 0.6) is 0 Å². The van der Waals surface area contributed by atoms with E-state index in [4.69, 9.17) is 5.73 Å². The molecule has 0 unspecified atom stereocenters. The molecule has 1 aliphatic rings. The fourth-order valence-electron chi connectivity index (χ4n) is 2.11. The van der Waals surface area contributed by atoms with Crippen LogP contribution in [0, 0.1) is 13.8 Å². The second-order valence-electron chi connectivity index (χ2n) is 4.96. The van der Waals surface area contributed by atoms with Crippen molar-refractivity contribution in [1.29, 1.82) is 0 Å². The third-order valence-corrected chi connectivity index (χ3v) is 6.08. The number of nitrogens with one attached hydrogen (secondary N) is 1. The quantitative estimate of drug-likeness (QED) is 0.838. The molecule has 0 aliphatic carbocycles. The molecule has 6 heteroatoms. The number of nitrogen functional groups attached to an aromatic ring is 1. The largest absolute Gasteiger partial charge is 0.398 e. The number of rotatable bonds is 3. The zero-order valence-corrected chi connectivity index (χ0v) is 12.9. The van der Waals surface area contributed by atoms with Gasteiger partial charge in [-0.25, -0.2) is 13.1 Å². The van der Waals surface area contributed by atoms with Crippen LogP contribution in [0.3, 0.4) is 0 Å². The number of aryl methyl sites for hydroxylation is 1. The number of thioether (sulfide) groups is 1. The van der Waals surface area contributed by atoms with Crippen molar-refractivity contribution >= 4 is 27.5 Å². The molecular weight excluding hydrogens is 280 g/mol. The molecule has 1 fully saturated rings. The summed E-state index contributed by atoms with van der Waals surface area (Å²) in [7, 11) is -3.46. The summed E-state index contributed by atoms with van der Waals surface area (Å²) in [5.41, 5.74) is 8.22. The van der Waals surface area contributed by atoms with E-state index in [1.54, 1.807) is 12.1 Å². The first-order valence-corrected chi connectivity index (χ1v) is 9.01. The zero-order valence-electron chi connectivity index (χ0n) is 11.3. The molecule has 19 heavy (non-hydrogen) atoms. The van der Waals surface area contributed by atoms with Gasteiger partial charge in [0.05, 0.1) is 4.90 Å². The molecule has 0 spiro atoms. The summed E-state index contributed by atoms with van der Waals surface area (Å²) < 4.78 is 27.5. The molecule has 3 N–H and O–H groups in total. The Labute approximate surface area is 119 Å². The van der Waals surface area contributed by atoms with Crippen molar-refractivity contribution in [2.75, 3.05) is 17.2 Å². The highest BCUT2D eigenvalue weighted by molar-refractivity contribution is 7.99. The summed E-state index contributed by atoms with van der Waals surface area (Å²) in [6.45, 7) is 3.77. The fraction of sp³-hybridized carbons (Fsp3) is 0.538. The minimum Gasteiger partial charge on any atom is -0.398 e. The van der Waals surface area contributed by atoms with E-state index in [1.165, 1.54) is 0 Å². The van der Waals surface area contributed by atoms with Crippen molar-refractivity contribution in [2.24, 2.45) is 0 Å². The van der Waals surface area contributed by atoms with Crippen LogP contribution in [-0.4, -0.2) is 26.0 Å². The molecule has 4 nitrogen and oxygen atoms in total. The van der Waals surface area contributed by atoms with Gasteiger partial charge in [0.1, 0.15) is 0 Å². The maximum atomic E-state index is 12.3. The Morgan fingerprint density at radius 3 is 2.47 bits per heavy atom. The van der Waals surface area contributed by atoms with Gasteiger partial charge in [0.15, 0.2) is 0 Å². The van der Waals surface area contributed by atoms with Crippen LogP contribution in [0.25, 0.3) is 0 Å². The molecule has 0 bridgehead atoms. The molecule has 1 saturated heterocycles. The van der Waals surface area contributed by atoms with Crippen LogP contribution in [-0.2, 0) is 10.0 Å². The van der Waals surface area contributed by atoms with Crippen LogP contribution in [0.15, 0.2) is 17.0 Å². The maximum Gasteiger partial charge on any atom is 0.240 e. The number of benzene rings is 1. The Bertz CT molecular complexity index is 541. The number of hydrogen-bond acceptors (Lipinski definition) is 4. The van der Waals surface area contributed by atoms with E-state index in [2.05, 4.69) is 4.72 Å². The molecule has 0 atom stereocenters. The van der Waals surface area contributed by atoms with E-state index in [-0.39, 0.29) is 10.9 Å². The molecule has 0 saturated carbocycles. The van der Waals surface area contributed by atoms with E-state index in [1.807, 2.05) is 25.6 Å². The minimum atomic E-state index is -3.46. The van der Waals surface area contributed by atoms with Gasteiger partial charge in [0, 0.05) is 11.7 Å². The molecule has 1 heterocycles. The summed E-state index contributed by atoms with van der Waals surface area (Å²) >= 11 is 1.87. The molecule has 0 radical (unpaired) electrons. The summed E-state index contributed by atoms with van der Waals surface area (Å²) in [4.78, 5) is 0.270. The van der Waals surface area contributed by atoms with Crippen LogP contribution in [0.4, 0.5) is 5.69 Å². The van der Waals surface area contributed by atoms with Crippen molar-refractivity contribution in [3.63, 3.8) is 0 Å². The smallest absolute Gasteiger partial charge is 0.240 e. The zero-order chi connectivity index (χ0) is 14.0. The third kappa shape index (κ3) is 3.43. The van der Waals surface area contributed by atoms with Crippen molar-refractivity contribution in [3.8, 4) is 0 Å². The van der Waals surface area contributed by atoms with Gasteiger partial charge in [0.2, 0.25) is 10.0 Å². The SMILES string of the molecule is Cc1cc(S(=O)(=O)NC2CCSCC2)cc(N)c1C. The first-order chi connectivity index (χ1) is 8.90. The summed E-state index contributed by atoms with van der Waals surface area (Å²) in [6.07, 6.45) is 1.79. The molecular formula is C13H20N2O2S2. The van der Waals surface area contributed by atoms with Gasteiger partial charge in [-0.1, -0.05) is 0 Å². The van der Waals surface area contributed by atoms with Gasteiger partial charge in [-0.05, 0) is 61.5 Å². The lowest BCUT2D eigenvalue weighted by Gasteiger charge is -2.22. The Morgan fingerprint density at radius 1 is 1.26 bits per heavy atom. The van der Waals surface area contributed by atoms with Crippen molar-refractivity contribution < 1.29 is 8.42 Å². The molecule has 0 aromatic heterocycles. The minimum absolute atomic E-state index is 0.0501. The van der Waals surface area contributed by atoms with E-state index in [0.29, 0.717) is 5.69 Å². The van der Waals surface area contributed by atoms with Crippen LogP contribution < -0.4 is 10.5 Å². The van der Waals surface area contributed by atoms with Crippen molar-refractivity contribution in [3.05, 3.63) is 23.3 Å². The van der Waals surface area contributed by atoms with E-state index < -0.39 is 10.0 Å². The maximum absolute atomic E-state index is 12.3. The van der Waals surface area contributed by atoms with Gasteiger partial charge >= 0.3 is 0 Å². The van der Waals surface area contributed by atoms with Crippen molar-refractivity contribution in [2.45, 2.75) is 37.6 Å². The second-order valence-corrected chi connectivity index (χ2v) is 7.90. The lowest BCUT2D eigenvalue weighted by atomic mass is 10.1. The average molecular weight is 300 g/mol. The molecule has 0 amide bonds. The predicted molar refractivity (Wildman–Crippen MR) is 81.0 cm³/mol. The lowest BCUT2D eigenvalue weighted by Crippen LogP contribution is -2.37. The monoisotopic (exact) mass is 300 g/mol. The van der Waals surface area contributed by atoms with Crippen LogP contribution in [0.2, 0.25) is 0 Å². The highest BCUT2D eigenvalue weighted by atomic mass is 32.2. The number of hydrogen-bond donors (Lipinski definition) is 2. The summed E-state index contributed by atoms with van der Waals surface area (Å²) in [6, 6.07) is 3.28. The topological polar surface area (TPSA) is 72.2 Å². The van der Waals surface area contributed by atoms with Gasteiger partial charge < -0.3 is 5.73 Å². The van der Waals surface area contributed by atoms with Gasteiger partial charge in [-0.15, -0.1) is 0 Å². The number of anilines is 1. The molecule has 106 valence electrons. The average Bonchev–Trinajstić information content (AvgIpc) is 2.36.